The molecule has 1 aromatic carbocycles. The number of amides is 2. The lowest BCUT2D eigenvalue weighted by Crippen LogP contribution is -2.32. The summed E-state index contributed by atoms with van der Waals surface area (Å²) < 4.78 is 5.04. The highest BCUT2D eigenvalue weighted by Gasteiger charge is 1.96. The van der Waals surface area contributed by atoms with Crippen LogP contribution in [0.2, 0.25) is 0 Å². The molecule has 102 valence electrons. The third-order valence-corrected chi connectivity index (χ3v) is 2.34. The normalized spacial score (nSPS) is 10.2. The van der Waals surface area contributed by atoms with Crippen LogP contribution in [0.15, 0.2) is 30.3 Å². The third kappa shape index (κ3) is 6.26. The Morgan fingerprint density at radius 3 is 2.37 bits per heavy atom. The van der Waals surface area contributed by atoms with Gasteiger partial charge in [-0.05, 0) is 23.8 Å². The number of carbonyl (C=O) groups is 2. The van der Waals surface area contributed by atoms with E-state index in [1.54, 1.807) is 13.2 Å². The minimum absolute atomic E-state index is 0.108. The van der Waals surface area contributed by atoms with Crippen molar-refractivity contribution in [3.05, 3.63) is 35.9 Å². The largest absolute Gasteiger partial charge is 0.497 e. The number of hydrogen-bond acceptors (Lipinski definition) is 3. The zero-order valence-electron chi connectivity index (χ0n) is 11.1. The number of hydrogen-bond donors (Lipinski definition) is 2. The molecule has 5 nitrogen and oxygen atoms in total. The zero-order valence-corrected chi connectivity index (χ0v) is 11.1. The second-order valence-electron chi connectivity index (χ2n) is 3.88. The molecule has 5 heteroatoms. The average molecular weight is 262 g/mol. The first-order valence-corrected chi connectivity index (χ1v) is 5.96. The first kappa shape index (κ1) is 14.8. The number of benzene rings is 1. The molecule has 0 aliphatic rings. The predicted molar refractivity (Wildman–Crippen MR) is 73.7 cm³/mol. The van der Waals surface area contributed by atoms with Crippen molar-refractivity contribution in [1.82, 2.24) is 10.6 Å². The Balaban J connectivity index is 2.34. The van der Waals surface area contributed by atoms with Gasteiger partial charge in [-0.2, -0.15) is 0 Å². The molecule has 0 aliphatic heterocycles. The number of rotatable bonds is 6. The van der Waals surface area contributed by atoms with Gasteiger partial charge in [0.2, 0.25) is 11.8 Å². The first-order chi connectivity index (χ1) is 9.11. The monoisotopic (exact) mass is 262 g/mol. The Morgan fingerprint density at radius 2 is 1.79 bits per heavy atom. The van der Waals surface area contributed by atoms with Crippen molar-refractivity contribution >= 4 is 17.9 Å². The van der Waals surface area contributed by atoms with Gasteiger partial charge in [0.05, 0.1) is 7.11 Å². The second kappa shape index (κ2) is 7.92. The fourth-order valence-corrected chi connectivity index (χ4v) is 1.37. The van der Waals surface area contributed by atoms with Crippen molar-refractivity contribution in [2.45, 2.75) is 6.92 Å². The van der Waals surface area contributed by atoms with Gasteiger partial charge in [-0.1, -0.05) is 12.1 Å². The zero-order chi connectivity index (χ0) is 14.1. The summed E-state index contributed by atoms with van der Waals surface area (Å²) in [5.41, 5.74) is 0.915. The Bertz CT molecular complexity index is 452. The maximum atomic E-state index is 11.4. The molecule has 0 bridgehead atoms. The molecule has 0 aliphatic carbocycles. The van der Waals surface area contributed by atoms with E-state index in [1.807, 2.05) is 24.3 Å². The van der Waals surface area contributed by atoms with Gasteiger partial charge < -0.3 is 15.4 Å². The molecule has 2 N–H and O–H groups in total. The van der Waals surface area contributed by atoms with E-state index in [0.717, 1.165) is 11.3 Å². The highest BCUT2D eigenvalue weighted by atomic mass is 16.5. The lowest BCUT2D eigenvalue weighted by atomic mass is 10.2. The first-order valence-electron chi connectivity index (χ1n) is 5.96. The minimum Gasteiger partial charge on any atom is -0.497 e. The lowest BCUT2D eigenvalue weighted by molar-refractivity contribution is -0.119. The Labute approximate surface area is 112 Å². The Hall–Kier alpha value is -2.30. The minimum atomic E-state index is -0.193. The van der Waals surface area contributed by atoms with Crippen molar-refractivity contribution < 1.29 is 14.3 Å². The highest BCUT2D eigenvalue weighted by Crippen LogP contribution is 2.11. The molecular weight excluding hydrogens is 244 g/mol. The van der Waals surface area contributed by atoms with Gasteiger partial charge in [0.1, 0.15) is 5.75 Å². The van der Waals surface area contributed by atoms with E-state index in [1.165, 1.54) is 13.0 Å². The Kier molecular flexibility index (Phi) is 6.15. The summed E-state index contributed by atoms with van der Waals surface area (Å²) in [5, 5.41) is 5.26. The molecule has 2 amide bonds. The predicted octanol–water partition coefficient (Wildman–Crippen LogP) is 0.961. The molecule has 19 heavy (non-hydrogen) atoms. The molecule has 0 heterocycles. The summed E-state index contributed by atoms with van der Waals surface area (Å²) in [6.45, 7) is 2.27. The van der Waals surface area contributed by atoms with Crippen LogP contribution in [0.4, 0.5) is 0 Å². The van der Waals surface area contributed by atoms with E-state index >= 15 is 0 Å². The number of methoxy groups -OCH3 is 1. The van der Waals surface area contributed by atoms with Crippen molar-refractivity contribution in [2.75, 3.05) is 20.2 Å². The van der Waals surface area contributed by atoms with Crippen LogP contribution in [0.1, 0.15) is 12.5 Å². The van der Waals surface area contributed by atoms with Crippen LogP contribution in [0.25, 0.3) is 6.08 Å². The van der Waals surface area contributed by atoms with Gasteiger partial charge >= 0.3 is 0 Å². The maximum absolute atomic E-state index is 11.4. The summed E-state index contributed by atoms with van der Waals surface area (Å²) in [6.07, 6.45) is 3.17. The van der Waals surface area contributed by atoms with Crippen LogP contribution in [0, 0.1) is 0 Å². The van der Waals surface area contributed by atoms with Crippen LogP contribution in [0.3, 0.4) is 0 Å². The molecule has 0 unspecified atom stereocenters. The van der Waals surface area contributed by atoms with Crippen LogP contribution in [-0.4, -0.2) is 32.0 Å². The van der Waals surface area contributed by atoms with E-state index in [4.69, 9.17) is 4.74 Å². The standard InChI is InChI=1S/C14H18N2O3/c1-11(17)15-9-10-16-14(18)8-5-12-3-6-13(19-2)7-4-12/h3-8H,9-10H2,1-2H3,(H,15,17)(H,16,18)/b8-5+. The molecule has 0 fully saturated rings. The van der Waals surface area contributed by atoms with Crippen molar-refractivity contribution in [1.29, 1.82) is 0 Å². The highest BCUT2D eigenvalue weighted by molar-refractivity contribution is 5.91. The molecule has 0 saturated heterocycles. The number of carbonyl (C=O) groups excluding carboxylic acids is 2. The smallest absolute Gasteiger partial charge is 0.244 e. The van der Waals surface area contributed by atoms with Crippen molar-refractivity contribution in [3.8, 4) is 5.75 Å². The van der Waals surface area contributed by atoms with Crippen molar-refractivity contribution in [3.63, 3.8) is 0 Å². The average Bonchev–Trinajstić information content (AvgIpc) is 2.41. The molecule has 0 saturated carbocycles. The van der Waals surface area contributed by atoms with Crippen molar-refractivity contribution in [2.24, 2.45) is 0 Å². The summed E-state index contributed by atoms with van der Waals surface area (Å²) in [6, 6.07) is 7.38. The molecule has 0 spiro atoms. The van der Waals surface area contributed by atoms with Gasteiger partial charge in [0.25, 0.3) is 0 Å². The van der Waals surface area contributed by atoms with Crippen LogP contribution in [-0.2, 0) is 9.59 Å². The Morgan fingerprint density at radius 1 is 1.16 bits per heavy atom. The fraction of sp³-hybridized carbons (Fsp3) is 0.286. The summed E-state index contributed by atoms with van der Waals surface area (Å²) in [5.74, 6) is 0.473. The van der Waals surface area contributed by atoms with E-state index in [2.05, 4.69) is 10.6 Å². The van der Waals surface area contributed by atoms with Crippen LogP contribution in [0.5, 0.6) is 5.75 Å². The third-order valence-electron chi connectivity index (χ3n) is 2.34. The molecule has 1 aromatic rings. The van der Waals surface area contributed by atoms with Gasteiger partial charge in [-0.3, -0.25) is 9.59 Å². The van der Waals surface area contributed by atoms with Gasteiger partial charge in [0, 0.05) is 26.1 Å². The molecular formula is C14H18N2O3. The lowest BCUT2D eigenvalue weighted by Gasteiger charge is -2.02. The van der Waals surface area contributed by atoms with E-state index in [9.17, 15) is 9.59 Å². The second-order valence-corrected chi connectivity index (χ2v) is 3.88. The fourth-order valence-electron chi connectivity index (χ4n) is 1.37. The van der Waals surface area contributed by atoms with Crippen LogP contribution >= 0.6 is 0 Å². The van der Waals surface area contributed by atoms with E-state index in [0.29, 0.717) is 13.1 Å². The summed E-state index contributed by atoms with van der Waals surface area (Å²) in [4.78, 5) is 22.1. The maximum Gasteiger partial charge on any atom is 0.244 e. The summed E-state index contributed by atoms with van der Waals surface area (Å²) >= 11 is 0. The van der Waals surface area contributed by atoms with Gasteiger partial charge in [0.15, 0.2) is 0 Å². The molecule has 0 radical (unpaired) electrons. The summed E-state index contributed by atoms with van der Waals surface area (Å²) in [7, 11) is 1.60. The van der Waals surface area contributed by atoms with E-state index < -0.39 is 0 Å². The quantitative estimate of drug-likeness (QED) is 0.593. The van der Waals surface area contributed by atoms with Crippen LogP contribution < -0.4 is 15.4 Å². The molecule has 0 atom stereocenters. The van der Waals surface area contributed by atoms with Gasteiger partial charge in [-0.25, -0.2) is 0 Å². The van der Waals surface area contributed by atoms with E-state index in [-0.39, 0.29) is 11.8 Å². The SMILES string of the molecule is COc1ccc(/C=C/C(=O)NCCNC(C)=O)cc1. The number of ether oxygens (including phenoxy) is 1. The number of nitrogens with one attached hydrogen (secondary N) is 2. The topological polar surface area (TPSA) is 67.4 Å². The molecule has 0 aromatic heterocycles. The molecule has 1 rings (SSSR count). The van der Waals surface area contributed by atoms with Gasteiger partial charge in [-0.15, -0.1) is 0 Å².